The number of aliphatic hydroxyl groups is 2. The van der Waals surface area contributed by atoms with Gasteiger partial charge in [-0.3, -0.25) is 14.4 Å². The van der Waals surface area contributed by atoms with E-state index in [0.717, 1.165) is 116 Å². The highest BCUT2D eigenvalue weighted by atomic mass is 16.7. The van der Waals surface area contributed by atoms with E-state index in [9.17, 15) is 34.5 Å². The van der Waals surface area contributed by atoms with Crippen molar-refractivity contribution in [3.8, 4) is 0 Å². The molecule has 75 heavy (non-hydrogen) atoms. The van der Waals surface area contributed by atoms with Gasteiger partial charge in [-0.15, -0.1) is 0 Å². The van der Waals surface area contributed by atoms with Gasteiger partial charge in [-0.05, 0) is 116 Å². The first kappa shape index (κ1) is 67.6. The minimum atomic E-state index is -1.95. The normalized spacial score (nSPS) is 19.3. The summed E-state index contributed by atoms with van der Waals surface area (Å²) in [5.74, 6) is -3.39. The molecule has 1 aliphatic heterocycles. The molecule has 1 aliphatic rings. The Balaban J connectivity index is 2.80. The molecule has 12 heteroatoms. The van der Waals surface area contributed by atoms with Crippen LogP contribution in [0.3, 0.4) is 0 Å². The van der Waals surface area contributed by atoms with Gasteiger partial charge in [0.2, 0.25) is 0 Å². The highest BCUT2D eigenvalue weighted by Crippen LogP contribution is 2.26. The van der Waals surface area contributed by atoms with E-state index in [1.54, 1.807) is 12.2 Å². The second kappa shape index (κ2) is 49.5. The van der Waals surface area contributed by atoms with Gasteiger partial charge in [0, 0.05) is 12.8 Å². The lowest BCUT2D eigenvalue weighted by Gasteiger charge is -2.40. The summed E-state index contributed by atoms with van der Waals surface area (Å²) in [6.45, 7) is 5.52. The second-order valence-corrected chi connectivity index (χ2v) is 18.1. The Bertz CT molecular complexity index is 1860. The molecular formula is C63H94O12. The molecule has 0 radical (unpaired) electrons. The topological polar surface area (TPSA) is 175 Å². The van der Waals surface area contributed by atoms with Crippen LogP contribution in [0.2, 0.25) is 0 Å². The van der Waals surface area contributed by atoms with Crippen molar-refractivity contribution in [2.24, 2.45) is 0 Å². The number of carboxylic acid groups (broad SMARTS) is 1. The molecule has 0 bridgehead atoms. The maximum absolute atomic E-state index is 13.1. The Morgan fingerprint density at radius 3 is 1.28 bits per heavy atom. The summed E-state index contributed by atoms with van der Waals surface area (Å²) < 4.78 is 28.2. The van der Waals surface area contributed by atoms with Crippen LogP contribution in [-0.4, -0.2) is 89.2 Å². The molecule has 6 atom stereocenters. The Morgan fingerprint density at radius 2 is 0.840 bits per heavy atom. The van der Waals surface area contributed by atoms with E-state index >= 15 is 0 Å². The van der Waals surface area contributed by atoms with E-state index in [1.165, 1.54) is 0 Å². The third-order valence-electron chi connectivity index (χ3n) is 11.4. The summed E-state index contributed by atoms with van der Waals surface area (Å²) in [6.07, 6.45) is 58.5. The van der Waals surface area contributed by atoms with Crippen LogP contribution in [0.5, 0.6) is 0 Å². The van der Waals surface area contributed by atoms with Crippen molar-refractivity contribution in [3.63, 3.8) is 0 Å². The molecule has 12 nitrogen and oxygen atoms in total. The van der Waals surface area contributed by atoms with Crippen LogP contribution < -0.4 is 0 Å². The first-order chi connectivity index (χ1) is 36.6. The Kier molecular flexibility index (Phi) is 44.6. The van der Waals surface area contributed by atoms with E-state index in [0.29, 0.717) is 19.3 Å². The van der Waals surface area contributed by atoms with Gasteiger partial charge in [-0.2, -0.15) is 0 Å². The lowest BCUT2D eigenvalue weighted by molar-refractivity contribution is -0.301. The summed E-state index contributed by atoms with van der Waals surface area (Å²) in [5.41, 5.74) is 0. The van der Waals surface area contributed by atoms with Gasteiger partial charge in [0.25, 0.3) is 0 Å². The number of allylic oxidation sites excluding steroid dienone is 23. The van der Waals surface area contributed by atoms with E-state index < -0.39 is 67.3 Å². The lowest BCUT2D eigenvalue weighted by atomic mass is 9.98. The van der Waals surface area contributed by atoms with Crippen molar-refractivity contribution in [1.82, 2.24) is 0 Å². The predicted molar refractivity (Wildman–Crippen MR) is 302 cm³/mol. The van der Waals surface area contributed by atoms with Crippen LogP contribution in [0, 0.1) is 0 Å². The van der Waals surface area contributed by atoms with Gasteiger partial charge in [0.15, 0.2) is 24.6 Å². The number of carbonyl (C=O) groups excluding carboxylic acids is 3. The zero-order chi connectivity index (χ0) is 54.7. The highest BCUT2D eigenvalue weighted by Gasteiger charge is 2.50. The number of esters is 3. The van der Waals surface area contributed by atoms with Crippen LogP contribution in [0.15, 0.2) is 146 Å². The zero-order valence-corrected chi connectivity index (χ0v) is 45.7. The molecule has 3 N–H and O–H groups in total. The quantitative estimate of drug-likeness (QED) is 0.0228. The number of carboxylic acids is 1. The molecule has 0 aromatic carbocycles. The van der Waals surface area contributed by atoms with Crippen molar-refractivity contribution < 1.29 is 58.2 Å². The molecule has 0 saturated carbocycles. The molecule has 1 rings (SSSR count). The van der Waals surface area contributed by atoms with Crippen LogP contribution in [0.25, 0.3) is 0 Å². The third kappa shape index (κ3) is 39.7. The third-order valence-corrected chi connectivity index (χ3v) is 11.4. The average Bonchev–Trinajstić information content (AvgIpc) is 3.39. The van der Waals surface area contributed by atoms with Crippen molar-refractivity contribution in [2.45, 2.75) is 212 Å². The first-order valence-corrected chi connectivity index (χ1v) is 27.8. The zero-order valence-electron chi connectivity index (χ0n) is 45.7. The molecule has 0 aliphatic carbocycles. The van der Waals surface area contributed by atoms with Gasteiger partial charge in [-0.25, -0.2) is 4.79 Å². The van der Waals surface area contributed by atoms with Crippen molar-refractivity contribution >= 4 is 23.9 Å². The van der Waals surface area contributed by atoms with Crippen LogP contribution >= 0.6 is 0 Å². The van der Waals surface area contributed by atoms with Gasteiger partial charge in [0.05, 0.1) is 13.0 Å². The molecule has 0 amide bonds. The Morgan fingerprint density at radius 1 is 0.453 bits per heavy atom. The monoisotopic (exact) mass is 1040 g/mol. The van der Waals surface area contributed by atoms with Gasteiger partial charge in [0.1, 0.15) is 18.8 Å². The molecule has 0 aromatic heterocycles. The molecule has 418 valence electrons. The summed E-state index contributed by atoms with van der Waals surface area (Å²) in [5, 5.41) is 31.4. The molecular weight excluding hydrogens is 949 g/mol. The summed E-state index contributed by atoms with van der Waals surface area (Å²) in [4.78, 5) is 51.0. The van der Waals surface area contributed by atoms with Gasteiger partial charge in [-0.1, -0.05) is 186 Å². The fraction of sp³-hybridized carbons (Fsp3) is 0.556. The largest absolute Gasteiger partial charge is 0.479 e. The molecule has 1 saturated heterocycles. The Hall–Kier alpha value is -5.40. The summed E-state index contributed by atoms with van der Waals surface area (Å²) >= 11 is 0. The van der Waals surface area contributed by atoms with Gasteiger partial charge >= 0.3 is 23.9 Å². The van der Waals surface area contributed by atoms with Crippen LogP contribution in [0.1, 0.15) is 175 Å². The number of aliphatic hydroxyl groups excluding tert-OH is 2. The maximum Gasteiger partial charge on any atom is 0.335 e. The molecule has 0 spiro atoms. The minimum absolute atomic E-state index is 0.102. The van der Waals surface area contributed by atoms with Crippen LogP contribution in [-0.2, 0) is 42.9 Å². The Labute approximate surface area is 451 Å². The van der Waals surface area contributed by atoms with E-state index in [-0.39, 0.29) is 25.9 Å². The number of aliphatic carboxylic acids is 1. The summed E-state index contributed by atoms with van der Waals surface area (Å²) in [7, 11) is 0. The maximum atomic E-state index is 13.1. The van der Waals surface area contributed by atoms with Crippen molar-refractivity contribution in [3.05, 3.63) is 146 Å². The van der Waals surface area contributed by atoms with Crippen LogP contribution in [0.4, 0.5) is 0 Å². The number of hydrogen-bond acceptors (Lipinski definition) is 11. The standard InChI is InChI=1S/C63H94O12/c1-4-7-10-13-16-19-22-25-27-28-30-32-34-37-40-43-46-49-55(64)71-52-54(73-56(65)50-47-44-41-38-35-31-24-21-18-15-12-9-6-3)53-72-63-61(59(68)58(67)60(75-63)62(69)70)74-57(66)51-48-45-42-39-36-33-29-26-23-20-17-14-11-8-5-2/h7-12,16-21,25-27,29-32,35-36,39,45,48,54,58-61,63,67-68H,4-6,13-15,22-24,28,33-34,37-38,40-44,46-47,49-53H2,1-3H3,(H,69,70)/b10-7-,11-8-,12-9-,19-16-,20-17-,21-18-,27-25-,29-26-,32-30-,35-31-,39-36-,48-45-. The molecule has 1 heterocycles. The van der Waals surface area contributed by atoms with Crippen molar-refractivity contribution in [2.75, 3.05) is 13.2 Å². The number of carbonyl (C=O) groups is 4. The second-order valence-electron chi connectivity index (χ2n) is 18.1. The summed E-state index contributed by atoms with van der Waals surface area (Å²) in [6, 6.07) is 0. The minimum Gasteiger partial charge on any atom is -0.479 e. The molecule has 0 aromatic rings. The lowest BCUT2D eigenvalue weighted by Crippen LogP contribution is -2.61. The first-order valence-electron chi connectivity index (χ1n) is 27.8. The fourth-order valence-corrected chi connectivity index (χ4v) is 7.27. The van der Waals surface area contributed by atoms with E-state index in [2.05, 4.69) is 142 Å². The number of unbranched alkanes of at least 4 members (excludes halogenated alkanes) is 7. The smallest absolute Gasteiger partial charge is 0.335 e. The van der Waals surface area contributed by atoms with E-state index in [4.69, 9.17) is 23.7 Å². The van der Waals surface area contributed by atoms with Crippen molar-refractivity contribution in [1.29, 1.82) is 0 Å². The fourth-order valence-electron chi connectivity index (χ4n) is 7.27. The average molecular weight is 1040 g/mol. The molecule has 6 unspecified atom stereocenters. The molecule has 1 fully saturated rings. The SMILES string of the molecule is CC/C=C\C/C=C\C/C=C\C/C=C\C/C=C\CC(=O)OC1C(OCC(COC(=O)CCCCCC/C=C\C/C=C\C/C=C\C/C=C\CC)OC(=O)CCCCC/C=C\C/C=C\C/C=C\CC)OC(C(=O)O)C(O)C1O. The predicted octanol–water partition coefficient (Wildman–Crippen LogP) is 14.0. The number of hydrogen-bond donors (Lipinski definition) is 3. The van der Waals surface area contributed by atoms with Gasteiger partial charge < -0.3 is 39.0 Å². The number of rotatable bonds is 44. The number of ether oxygens (including phenoxy) is 5. The van der Waals surface area contributed by atoms with E-state index in [1.807, 2.05) is 12.2 Å². The highest BCUT2D eigenvalue weighted by molar-refractivity contribution is 5.74.